The number of allylic oxidation sites excluding steroid dienone is 1. The first-order valence-electron chi connectivity index (χ1n) is 6.44. The van der Waals surface area contributed by atoms with Gasteiger partial charge in [-0.2, -0.15) is 0 Å². The van der Waals surface area contributed by atoms with E-state index in [0.717, 1.165) is 19.4 Å². The topological polar surface area (TPSA) is 41.1 Å². The Balaban J connectivity index is 2.10. The van der Waals surface area contributed by atoms with E-state index in [2.05, 4.69) is 23.6 Å². The second-order valence-corrected chi connectivity index (χ2v) is 4.57. The Kier molecular flexibility index (Phi) is 5.98. The molecule has 0 bridgehead atoms. The quantitative estimate of drug-likeness (QED) is 0.693. The van der Waals surface area contributed by atoms with Gasteiger partial charge in [0.15, 0.2) is 0 Å². The largest absolute Gasteiger partial charge is 0.338 e. The molecule has 1 rings (SSSR count). The van der Waals surface area contributed by atoms with Crippen molar-refractivity contribution in [1.29, 1.82) is 0 Å². The molecule has 16 heavy (non-hydrogen) atoms. The first-order valence-corrected chi connectivity index (χ1v) is 6.44. The lowest BCUT2D eigenvalue weighted by Gasteiger charge is -2.15. The highest BCUT2D eigenvalue weighted by atomic mass is 16.2. The van der Waals surface area contributed by atoms with Gasteiger partial charge in [-0.3, -0.25) is 0 Å². The predicted molar refractivity (Wildman–Crippen MR) is 67.5 cm³/mol. The van der Waals surface area contributed by atoms with Crippen LogP contribution in [0.4, 0.5) is 4.79 Å². The van der Waals surface area contributed by atoms with Crippen molar-refractivity contribution < 1.29 is 4.79 Å². The molecule has 1 aliphatic rings. The van der Waals surface area contributed by atoms with Gasteiger partial charge in [0.1, 0.15) is 0 Å². The molecule has 0 aromatic heterocycles. The molecule has 3 heteroatoms. The Morgan fingerprint density at radius 1 is 1.50 bits per heavy atom. The van der Waals surface area contributed by atoms with Crippen LogP contribution < -0.4 is 10.6 Å². The molecule has 3 nitrogen and oxygen atoms in total. The van der Waals surface area contributed by atoms with E-state index >= 15 is 0 Å². The van der Waals surface area contributed by atoms with E-state index in [4.69, 9.17) is 0 Å². The van der Waals surface area contributed by atoms with Crippen molar-refractivity contribution in [2.75, 3.05) is 6.54 Å². The summed E-state index contributed by atoms with van der Waals surface area (Å²) in [6.45, 7) is 4.84. The summed E-state index contributed by atoms with van der Waals surface area (Å²) in [6, 6.07) is 0.222. The number of hydrogen-bond donors (Lipinski definition) is 2. The average Bonchev–Trinajstić information content (AvgIpc) is 2.30. The molecule has 0 aromatic rings. The maximum atomic E-state index is 11.4. The summed E-state index contributed by atoms with van der Waals surface area (Å²) in [5.41, 5.74) is 1.51. The zero-order chi connectivity index (χ0) is 11.8. The van der Waals surface area contributed by atoms with Crippen molar-refractivity contribution in [2.45, 2.75) is 58.4 Å². The summed E-state index contributed by atoms with van der Waals surface area (Å²) in [5, 5.41) is 5.80. The van der Waals surface area contributed by atoms with E-state index in [1.807, 2.05) is 6.92 Å². The lowest BCUT2D eigenvalue weighted by Crippen LogP contribution is -2.40. The van der Waals surface area contributed by atoms with Crippen LogP contribution in [0.5, 0.6) is 0 Å². The van der Waals surface area contributed by atoms with Gasteiger partial charge in [-0.05, 0) is 45.4 Å². The number of urea groups is 1. The van der Waals surface area contributed by atoms with Crippen molar-refractivity contribution >= 4 is 6.03 Å². The minimum absolute atomic E-state index is 0.0363. The van der Waals surface area contributed by atoms with E-state index < -0.39 is 0 Å². The summed E-state index contributed by atoms with van der Waals surface area (Å²) in [6.07, 6.45) is 9.38. The van der Waals surface area contributed by atoms with Gasteiger partial charge in [-0.25, -0.2) is 4.79 Å². The van der Waals surface area contributed by atoms with Crippen molar-refractivity contribution in [3.8, 4) is 0 Å². The van der Waals surface area contributed by atoms with E-state index in [1.165, 1.54) is 31.3 Å². The van der Waals surface area contributed by atoms with Crippen LogP contribution in [-0.2, 0) is 0 Å². The number of amides is 2. The highest BCUT2D eigenvalue weighted by molar-refractivity contribution is 5.74. The van der Waals surface area contributed by atoms with Gasteiger partial charge in [-0.15, -0.1) is 0 Å². The Morgan fingerprint density at radius 2 is 2.31 bits per heavy atom. The van der Waals surface area contributed by atoms with Crippen LogP contribution in [0.25, 0.3) is 0 Å². The van der Waals surface area contributed by atoms with Gasteiger partial charge >= 0.3 is 6.03 Å². The second-order valence-electron chi connectivity index (χ2n) is 4.57. The fraction of sp³-hybridized carbons (Fsp3) is 0.769. The highest BCUT2D eigenvalue weighted by Gasteiger charge is 2.06. The standard InChI is InChI=1S/C13H24N2O/c1-3-11(2)15-13(16)14-10-9-12-7-5-4-6-8-12/h7,11H,3-6,8-10H2,1-2H3,(H2,14,15,16)/t11-/m0/s1. The summed E-state index contributed by atoms with van der Waals surface area (Å²) in [4.78, 5) is 11.4. The number of hydrogen-bond acceptors (Lipinski definition) is 1. The number of nitrogens with one attached hydrogen (secondary N) is 2. The minimum Gasteiger partial charge on any atom is -0.338 e. The van der Waals surface area contributed by atoms with Crippen molar-refractivity contribution in [3.63, 3.8) is 0 Å². The fourth-order valence-electron chi connectivity index (χ4n) is 1.85. The number of rotatable bonds is 5. The van der Waals surface area contributed by atoms with Crippen LogP contribution in [0.2, 0.25) is 0 Å². The van der Waals surface area contributed by atoms with Crippen LogP contribution in [0, 0.1) is 0 Å². The van der Waals surface area contributed by atoms with Gasteiger partial charge in [0.2, 0.25) is 0 Å². The SMILES string of the molecule is CC[C@H](C)NC(=O)NCCC1=CCCCC1. The summed E-state index contributed by atoms with van der Waals surface area (Å²) < 4.78 is 0. The minimum atomic E-state index is -0.0363. The van der Waals surface area contributed by atoms with Crippen LogP contribution in [0.15, 0.2) is 11.6 Å². The molecule has 0 saturated carbocycles. The van der Waals surface area contributed by atoms with Gasteiger partial charge in [0, 0.05) is 12.6 Å². The molecule has 0 aliphatic heterocycles. The number of carbonyl (C=O) groups excluding carboxylic acids is 1. The van der Waals surface area contributed by atoms with E-state index in [-0.39, 0.29) is 12.1 Å². The Bertz CT molecular complexity index is 248. The molecule has 0 saturated heterocycles. The maximum absolute atomic E-state index is 11.4. The first kappa shape index (κ1) is 13.1. The third-order valence-electron chi connectivity index (χ3n) is 3.11. The maximum Gasteiger partial charge on any atom is 0.315 e. The van der Waals surface area contributed by atoms with Crippen LogP contribution in [0.1, 0.15) is 52.4 Å². The monoisotopic (exact) mass is 224 g/mol. The van der Waals surface area contributed by atoms with Crippen molar-refractivity contribution in [3.05, 3.63) is 11.6 Å². The first-order chi connectivity index (χ1) is 7.72. The molecule has 0 fully saturated rings. The molecule has 2 amide bonds. The molecule has 0 heterocycles. The van der Waals surface area contributed by atoms with Crippen molar-refractivity contribution in [1.82, 2.24) is 10.6 Å². The molecule has 1 aliphatic carbocycles. The molecule has 1 atom stereocenters. The highest BCUT2D eigenvalue weighted by Crippen LogP contribution is 2.19. The van der Waals surface area contributed by atoms with Crippen LogP contribution in [0.3, 0.4) is 0 Å². The molecular formula is C13H24N2O. The normalized spacial score (nSPS) is 17.5. The fourth-order valence-corrected chi connectivity index (χ4v) is 1.85. The number of carbonyl (C=O) groups is 1. The van der Waals surface area contributed by atoms with Gasteiger partial charge in [0.05, 0.1) is 0 Å². The van der Waals surface area contributed by atoms with Gasteiger partial charge < -0.3 is 10.6 Å². The molecule has 92 valence electrons. The predicted octanol–water partition coefficient (Wildman–Crippen LogP) is 2.97. The molecule has 2 N–H and O–H groups in total. The zero-order valence-corrected chi connectivity index (χ0v) is 10.5. The summed E-state index contributed by atoms with van der Waals surface area (Å²) in [7, 11) is 0. The Hall–Kier alpha value is -0.990. The zero-order valence-electron chi connectivity index (χ0n) is 10.5. The van der Waals surface area contributed by atoms with E-state index in [1.54, 1.807) is 0 Å². The summed E-state index contributed by atoms with van der Waals surface area (Å²) in [5.74, 6) is 0. The third kappa shape index (κ3) is 5.19. The molecule has 0 spiro atoms. The Labute approximate surface area is 98.7 Å². The van der Waals surface area contributed by atoms with Gasteiger partial charge in [-0.1, -0.05) is 18.6 Å². The molecule has 0 unspecified atom stereocenters. The third-order valence-corrected chi connectivity index (χ3v) is 3.11. The van der Waals surface area contributed by atoms with E-state index in [0.29, 0.717) is 0 Å². The lowest BCUT2D eigenvalue weighted by molar-refractivity contribution is 0.237. The second kappa shape index (κ2) is 7.31. The molecule has 0 radical (unpaired) electrons. The average molecular weight is 224 g/mol. The summed E-state index contributed by atoms with van der Waals surface area (Å²) >= 11 is 0. The molecular weight excluding hydrogens is 200 g/mol. The smallest absolute Gasteiger partial charge is 0.315 e. The van der Waals surface area contributed by atoms with Crippen LogP contribution >= 0.6 is 0 Å². The molecule has 0 aromatic carbocycles. The Morgan fingerprint density at radius 3 is 2.94 bits per heavy atom. The van der Waals surface area contributed by atoms with E-state index in [9.17, 15) is 4.79 Å². The van der Waals surface area contributed by atoms with Crippen molar-refractivity contribution in [2.24, 2.45) is 0 Å². The lowest BCUT2D eigenvalue weighted by atomic mass is 9.97. The van der Waals surface area contributed by atoms with Gasteiger partial charge in [0.25, 0.3) is 0 Å². The van der Waals surface area contributed by atoms with Crippen LogP contribution in [-0.4, -0.2) is 18.6 Å².